The van der Waals surface area contributed by atoms with Crippen LogP contribution in [0.1, 0.15) is 29.3 Å². The van der Waals surface area contributed by atoms with E-state index in [0.29, 0.717) is 17.9 Å². The molecule has 5 heteroatoms. The zero-order valence-corrected chi connectivity index (χ0v) is 14.3. The summed E-state index contributed by atoms with van der Waals surface area (Å²) in [6.07, 6.45) is 4.11. The number of nitrogens with one attached hydrogen (secondary N) is 1. The topological polar surface area (TPSA) is 64.6 Å². The molecular weight excluding hydrogens is 318 g/mol. The second-order valence-electron chi connectivity index (χ2n) is 5.31. The first-order chi connectivity index (χ1) is 12.1. The molecule has 2 aromatic carbocycles. The van der Waals surface area contributed by atoms with Crippen LogP contribution in [0.4, 0.5) is 5.69 Å². The predicted octanol–water partition coefficient (Wildman–Crippen LogP) is 3.91. The van der Waals surface area contributed by atoms with Gasteiger partial charge in [-0.25, -0.2) is 4.79 Å². The van der Waals surface area contributed by atoms with Gasteiger partial charge >= 0.3 is 5.97 Å². The van der Waals surface area contributed by atoms with Crippen molar-refractivity contribution in [2.75, 3.05) is 19.0 Å². The SMILES string of the molecule is CCCOc1ccc(C=CC(=O)Nc2cccc(C(=O)OC)c2)cc1. The average molecular weight is 339 g/mol. The molecule has 0 fully saturated rings. The number of rotatable bonds is 7. The molecule has 0 aliphatic carbocycles. The van der Waals surface area contributed by atoms with Gasteiger partial charge in [-0.1, -0.05) is 25.1 Å². The number of methoxy groups -OCH3 is 1. The van der Waals surface area contributed by atoms with Gasteiger partial charge in [-0.05, 0) is 48.4 Å². The van der Waals surface area contributed by atoms with Crippen molar-refractivity contribution in [3.05, 3.63) is 65.7 Å². The largest absolute Gasteiger partial charge is 0.494 e. The highest BCUT2D eigenvalue weighted by Crippen LogP contribution is 2.14. The molecule has 0 radical (unpaired) electrons. The van der Waals surface area contributed by atoms with Crippen molar-refractivity contribution in [2.45, 2.75) is 13.3 Å². The Balaban J connectivity index is 1.95. The third kappa shape index (κ3) is 5.80. The van der Waals surface area contributed by atoms with E-state index in [4.69, 9.17) is 4.74 Å². The van der Waals surface area contributed by atoms with E-state index in [1.54, 1.807) is 30.3 Å². The molecule has 2 aromatic rings. The normalized spacial score (nSPS) is 10.5. The van der Waals surface area contributed by atoms with Crippen LogP contribution in [-0.2, 0) is 9.53 Å². The van der Waals surface area contributed by atoms with Gasteiger partial charge in [0.05, 0.1) is 19.3 Å². The first-order valence-corrected chi connectivity index (χ1v) is 8.02. The minimum absolute atomic E-state index is 0.284. The van der Waals surface area contributed by atoms with Crippen LogP contribution < -0.4 is 10.1 Å². The van der Waals surface area contributed by atoms with E-state index in [0.717, 1.165) is 17.7 Å². The Morgan fingerprint density at radius 3 is 2.56 bits per heavy atom. The third-order valence-corrected chi connectivity index (χ3v) is 3.33. The van der Waals surface area contributed by atoms with Crippen LogP contribution in [0.3, 0.4) is 0 Å². The highest BCUT2D eigenvalue weighted by atomic mass is 16.5. The van der Waals surface area contributed by atoms with Crippen LogP contribution in [0.15, 0.2) is 54.6 Å². The molecule has 130 valence electrons. The van der Waals surface area contributed by atoms with Gasteiger partial charge in [-0.15, -0.1) is 0 Å². The van der Waals surface area contributed by atoms with Crippen molar-refractivity contribution < 1.29 is 19.1 Å². The van der Waals surface area contributed by atoms with E-state index in [-0.39, 0.29) is 5.91 Å². The van der Waals surface area contributed by atoms with Gasteiger partial charge in [0, 0.05) is 11.8 Å². The second kappa shape index (κ2) is 9.27. The Morgan fingerprint density at radius 2 is 1.88 bits per heavy atom. The van der Waals surface area contributed by atoms with Crippen LogP contribution in [0, 0.1) is 0 Å². The number of benzene rings is 2. The Morgan fingerprint density at radius 1 is 1.12 bits per heavy atom. The number of esters is 1. The maximum atomic E-state index is 12.0. The molecule has 2 rings (SSSR count). The standard InChI is InChI=1S/C20H21NO4/c1-3-13-25-18-10-7-15(8-11-18)9-12-19(22)21-17-6-4-5-16(14-17)20(23)24-2/h4-12,14H,3,13H2,1-2H3,(H,21,22). The van der Waals surface area contributed by atoms with Crippen molar-refractivity contribution in [3.63, 3.8) is 0 Å². The van der Waals surface area contributed by atoms with E-state index in [2.05, 4.69) is 17.0 Å². The van der Waals surface area contributed by atoms with Gasteiger partial charge < -0.3 is 14.8 Å². The number of carbonyl (C=O) groups is 2. The molecule has 1 amide bonds. The van der Waals surface area contributed by atoms with E-state index >= 15 is 0 Å². The second-order valence-corrected chi connectivity index (χ2v) is 5.31. The number of carbonyl (C=O) groups excluding carboxylic acids is 2. The molecule has 5 nitrogen and oxygen atoms in total. The molecule has 0 spiro atoms. The fraction of sp³-hybridized carbons (Fsp3) is 0.200. The van der Waals surface area contributed by atoms with E-state index in [1.165, 1.54) is 13.2 Å². The lowest BCUT2D eigenvalue weighted by Gasteiger charge is -2.05. The summed E-state index contributed by atoms with van der Waals surface area (Å²) in [4.78, 5) is 23.5. The van der Waals surface area contributed by atoms with Crippen molar-refractivity contribution in [3.8, 4) is 5.75 Å². The maximum Gasteiger partial charge on any atom is 0.337 e. The van der Waals surface area contributed by atoms with Crippen LogP contribution in [0.5, 0.6) is 5.75 Å². The first kappa shape index (κ1) is 18.3. The first-order valence-electron chi connectivity index (χ1n) is 8.02. The number of anilines is 1. The molecule has 0 heterocycles. The molecule has 0 bridgehead atoms. The molecular formula is C20H21NO4. The number of hydrogen-bond donors (Lipinski definition) is 1. The molecule has 0 atom stereocenters. The Kier molecular flexibility index (Phi) is 6.77. The minimum Gasteiger partial charge on any atom is -0.494 e. The molecule has 0 aliphatic heterocycles. The molecule has 1 N–H and O–H groups in total. The van der Waals surface area contributed by atoms with Gasteiger partial charge in [0.1, 0.15) is 5.75 Å². The fourth-order valence-electron chi connectivity index (χ4n) is 2.09. The molecule has 0 aromatic heterocycles. The van der Waals surface area contributed by atoms with Crippen molar-refractivity contribution in [1.82, 2.24) is 0 Å². The summed E-state index contributed by atoms with van der Waals surface area (Å²) in [5.41, 5.74) is 1.80. The summed E-state index contributed by atoms with van der Waals surface area (Å²) >= 11 is 0. The fourth-order valence-corrected chi connectivity index (χ4v) is 2.09. The molecule has 0 unspecified atom stereocenters. The van der Waals surface area contributed by atoms with Gasteiger partial charge in [0.25, 0.3) is 0 Å². The van der Waals surface area contributed by atoms with Crippen molar-refractivity contribution >= 4 is 23.6 Å². The van der Waals surface area contributed by atoms with Crippen LogP contribution >= 0.6 is 0 Å². The Labute approximate surface area is 147 Å². The summed E-state index contributed by atoms with van der Waals surface area (Å²) in [5.74, 6) is 0.0772. The number of hydrogen-bond acceptors (Lipinski definition) is 4. The zero-order chi connectivity index (χ0) is 18.1. The van der Waals surface area contributed by atoms with E-state index < -0.39 is 5.97 Å². The highest BCUT2D eigenvalue weighted by molar-refractivity contribution is 6.02. The van der Waals surface area contributed by atoms with Crippen LogP contribution in [0.25, 0.3) is 6.08 Å². The Bertz CT molecular complexity index is 751. The number of ether oxygens (including phenoxy) is 2. The molecule has 25 heavy (non-hydrogen) atoms. The molecule has 0 saturated heterocycles. The number of amides is 1. The Hall–Kier alpha value is -3.08. The molecule has 0 saturated carbocycles. The van der Waals surface area contributed by atoms with Crippen LogP contribution in [-0.4, -0.2) is 25.6 Å². The monoisotopic (exact) mass is 339 g/mol. The van der Waals surface area contributed by atoms with Crippen molar-refractivity contribution in [1.29, 1.82) is 0 Å². The maximum absolute atomic E-state index is 12.0. The summed E-state index contributed by atoms with van der Waals surface area (Å²) in [5, 5.41) is 2.71. The van der Waals surface area contributed by atoms with Crippen molar-refractivity contribution in [2.24, 2.45) is 0 Å². The van der Waals surface area contributed by atoms with E-state index in [9.17, 15) is 9.59 Å². The minimum atomic E-state index is -0.447. The quantitative estimate of drug-likeness (QED) is 0.613. The zero-order valence-electron chi connectivity index (χ0n) is 14.3. The third-order valence-electron chi connectivity index (χ3n) is 3.33. The lowest BCUT2D eigenvalue weighted by atomic mass is 10.2. The molecule has 0 aliphatic rings. The van der Waals surface area contributed by atoms with E-state index in [1.807, 2.05) is 24.3 Å². The summed E-state index contributed by atoms with van der Waals surface area (Å²) in [6, 6.07) is 14.1. The summed E-state index contributed by atoms with van der Waals surface area (Å²) in [7, 11) is 1.31. The van der Waals surface area contributed by atoms with Gasteiger partial charge in [-0.2, -0.15) is 0 Å². The summed E-state index contributed by atoms with van der Waals surface area (Å²) < 4.78 is 10.2. The van der Waals surface area contributed by atoms with Crippen LogP contribution in [0.2, 0.25) is 0 Å². The summed E-state index contributed by atoms with van der Waals surface area (Å²) in [6.45, 7) is 2.73. The lowest BCUT2D eigenvalue weighted by Crippen LogP contribution is -2.09. The predicted molar refractivity (Wildman–Crippen MR) is 97.7 cm³/mol. The van der Waals surface area contributed by atoms with Gasteiger partial charge in [0.15, 0.2) is 0 Å². The highest BCUT2D eigenvalue weighted by Gasteiger charge is 2.06. The smallest absolute Gasteiger partial charge is 0.337 e. The van der Waals surface area contributed by atoms with Gasteiger partial charge in [0.2, 0.25) is 5.91 Å². The average Bonchev–Trinajstić information content (AvgIpc) is 2.65. The van der Waals surface area contributed by atoms with Gasteiger partial charge in [-0.3, -0.25) is 4.79 Å². The lowest BCUT2D eigenvalue weighted by molar-refractivity contribution is -0.111.